The molecule has 0 radical (unpaired) electrons. The summed E-state index contributed by atoms with van der Waals surface area (Å²) >= 11 is 6.09. The summed E-state index contributed by atoms with van der Waals surface area (Å²) in [4.78, 5) is 0. The predicted molar refractivity (Wildman–Crippen MR) is 87.2 cm³/mol. The summed E-state index contributed by atoms with van der Waals surface area (Å²) in [6, 6.07) is 14.6. The predicted octanol–water partition coefficient (Wildman–Crippen LogP) is 4.30. The van der Waals surface area contributed by atoms with Gasteiger partial charge in [-0.25, -0.2) is 0 Å². The molecule has 0 spiro atoms. The average Bonchev–Trinajstić information content (AvgIpc) is 2.81. The van der Waals surface area contributed by atoms with Crippen molar-refractivity contribution in [2.75, 3.05) is 6.54 Å². The number of halogens is 1. The number of fused-ring (bicyclic) bond motifs is 1. The lowest BCUT2D eigenvalue weighted by Gasteiger charge is -2.23. The summed E-state index contributed by atoms with van der Waals surface area (Å²) in [6.07, 6.45) is 1.04. The van der Waals surface area contributed by atoms with Crippen molar-refractivity contribution >= 4 is 11.6 Å². The Balaban J connectivity index is 1.87. The van der Waals surface area contributed by atoms with Gasteiger partial charge >= 0.3 is 0 Å². The van der Waals surface area contributed by atoms with E-state index in [4.69, 9.17) is 16.3 Å². The average molecular weight is 302 g/mol. The lowest BCUT2D eigenvalue weighted by molar-refractivity contribution is 0.167. The molecule has 0 heterocycles. The van der Waals surface area contributed by atoms with Gasteiger partial charge < -0.3 is 10.1 Å². The van der Waals surface area contributed by atoms with E-state index in [1.807, 2.05) is 18.2 Å². The topological polar surface area (TPSA) is 21.3 Å². The molecule has 0 fully saturated rings. The second-order valence-corrected chi connectivity index (χ2v) is 5.94. The van der Waals surface area contributed by atoms with Gasteiger partial charge in [0.25, 0.3) is 0 Å². The monoisotopic (exact) mass is 301 g/mol. The molecule has 2 aromatic carbocycles. The van der Waals surface area contributed by atoms with Crippen LogP contribution in [0.3, 0.4) is 0 Å². The maximum atomic E-state index is 6.29. The first kappa shape index (κ1) is 14.4. The van der Waals surface area contributed by atoms with Gasteiger partial charge in [-0.1, -0.05) is 48.9 Å². The van der Waals surface area contributed by atoms with Crippen LogP contribution in [-0.2, 0) is 6.42 Å². The zero-order chi connectivity index (χ0) is 14.8. The summed E-state index contributed by atoms with van der Waals surface area (Å²) < 4.78 is 6.29. The van der Waals surface area contributed by atoms with Crippen LogP contribution in [0, 0.1) is 6.92 Å². The highest BCUT2D eigenvalue weighted by atomic mass is 35.5. The zero-order valence-corrected chi connectivity index (χ0v) is 13.2. The van der Waals surface area contributed by atoms with E-state index in [0.29, 0.717) is 5.02 Å². The van der Waals surface area contributed by atoms with Crippen LogP contribution in [0.2, 0.25) is 5.02 Å². The van der Waals surface area contributed by atoms with Gasteiger partial charge in [0.1, 0.15) is 11.9 Å². The van der Waals surface area contributed by atoms with E-state index in [1.54, 1.807) is 0 Å². The van der Waals surface area contributed by atoms with Crippen molar-refractivity contribution in [3.8, 4) is 5.75 Å². The molecule has 1 aliphatic carbocycles. The minimum atomic E-state index is 0.111. The number of hydrogen-bond donors (Lipinski definition) is 1. The van der Waals surface area contributed by atoms with Gasteiger partial charge in [-0.3, -0.25) is 0 Å². The minimum Gasteiger partial charge on any atom is -0.488 e. The van der Waals surface area contributed by atoms with Crippen molar-refractivity contribution in [1.82, 2.24) is 5.32 Å². The van der Waals surface area contributed by atoms with Crippen molar-refractivity contribution in [1.29, 1.82) is 0 Å². The highest BCUT2D eigenvalue weighted by molar-refractivity contribution is 6.30. The van der Waals surface area contributed by atoms with Crippen LogP contribution in [0.4, 0.5) is 0 Å². The molecular weight excluding hydrogens is 282 g/mol. The normalized spacial score (nSPS) is 20.3. The number of aryl methyl sites for hydroxylation is 1. The molecule has 0 aromatic heterocycles. The number of benzene rings is 2. The number of nitrogens with one attached hydrogen (secondary N) is 1. The number of rotatable bonds is 4. The van der Waals surface area contributed by atoms with Gasteiger partial charge in [0, 0.05) is 11.4 Å². The molecule has 0 aliphatic heterocycles. The number of likely N-dealkylation sites (N-methyl/N-ethyl adjacent to an activating group) is 1. The lowest BCUT2D eigenvalue weighted by atomic mass is 10.1. The first-order chi connectivity index (χ1) is 10.2. The van der Waals surface area contributed by atoms with Gasteiger partial charge in [-0.2, -0.15) is 0 Å². The first-order valence-electron chi connectivity index (χ1n) is 7.43. The maximum Gasteiger partial charge on any atom is 0.124 e. The van der Waals surface area contributed by atoms with Gasteiger partial charge in [0.2, 0.25) is 0 Å². The molecule has 2 nitrogen and oxygen atoms in total. The molecule has 2 atom stereocenters. The smallest absolute Gasteiger partial charge is 0.124 e. The van der Waals surface area contributed by atoms with E-state index in [2.05, 4.69) is 43.4 Å². The SMILES string of the molecule is CCNC1c2ccccc2CC1Oc1cc(Cl)ccc1C. The van der Waals surface area contributed by atoms with E-state index in [0.717, 1.165) is 24.3 Å². The van der Waals surface area contributed by atoms with Crippen molar-refractivity contribution in [3.05, 3.63) is 64.2 Å². The van der Waals surface area contributed by atoms with Gasteiger partial charge in [-0.05, 0) is 42.3 Å². The molecule has 0 amide bonds. The molecule has 0 bridgehead atoms. The Morgan fingerprint density at radius 3 is 2.86 bits per heavy atom. The third-order valence-electron chi connectivity index (χ3n) is 4.04. The van der Waals surface area contributed by atoms with Crippen LogP contribution < -0.4 is 10.1 Å². The van der Waals surface area contributed by atoms with Gasteiger partial charge in [-0.15, -0.1) is 0 Å². The Morgan fingerprint density at radius 1 is 1.24 bits per heavy atom. The quantitative estimate of drug-likeness (QED) is 0.909. The number of hydrogen-bond acceptors (Lipinski definition) is 2. The van der Waals surface area contributed by atoms with Crippen molar-refractivity contribution in [2.45, 2.75) is 32.4 Å². The highest BCUT2D eigenvalue weighted by Crippen LogP contribution is 2.35. The summed E-state index contributed by atoms with van der Waals surface area (Å²) in [5, 5.41) is 4.26. The Labute approximate surface area is 131 Å². The third-order valence-corrected chi connectivity index (χ3v) is 4.27. The van der Waals surface area contributed by atoms with Crippen molar-refractivity contribution < 1.29 is 4.74 Å². The molecule has 0 saturated carbocycles. The van der Waals surface area contributed by atoms with Crippen LogP contribution in [0.25, 0.3) is 0 Å². The molecule has 2 unspecified atom stereocenters. The fourth-order valence-corrected chi connectivity index (χ4v) is 3.16. The molecule has 110 valence electrons. The molecule has 21 heavy (non-hydrogen) atoms. The van der Waals surface area contributed by atoms with E-state index in [-0.39, 0.29) is 12.1 Å². The molecule has 1 aliphatic rings. The fourth-order valence-electron chi connectivity index (χ4n) is 2.99. The molecule has 3 rings (SSSR count). The van der Waals surface area contributed by atoms with E-state index >= 15 is 0 Å². The van der Waals surface area contributed by atoms with Crippen LogP contribution in [0.1, 0.15) is 29.7 Å². The standard InChI is InChI=1S/C18H20ClNO/c1-3-20-18-15-7-5-4-6-13(15)10-17(18)21-16-11-14(19)9-8-12(16)2/h4-9,11,17-18,20H,3,10H2,1-2H3. The lowest BCUT2D eigenvalue weighted by Crippen LogP contribution is -2.32. The van der Waals surface area contributed by atoms with Gasteiger partial charge in [0.05, 0.1) is 6.04 Å². The van der Waals surface area contributed by atoms with E-state index in [9.17, 15) is 0 Å². The van der Waals surface area contributed by atoms with E-state index < -0.39 is 0 Å². The van der Waals surface area contributed by atoms with Crippen molar-refractivity contribution in [2.24, 2.45) is 0 Å². The second kappa shape index (κ2) is 6.08. The van der Waals surface area contributed by atoms with Crippen LogP contribution in [-0.4, -0.2) is 12.6 Å². The molecule has 0 saturated heterocycles. The van der Waals surface area contributed by atoms with E-state index in [1.165, 1.54) is 11.1 Å². The number of ether oxygens (including phenoxy) is 1. The Bertz CT molecular complexity index is 641. The summed E-state index contributed by atoms with van der Waals surface area (Å²) in [5.41, 5.74) is 3.84. The summed E-state index contributed by atoms with van der Waals surface area (Å²) in [5.74, 6) is 0.878. The summed E-state index contributed by atoms with van der Waals surface area (Å²) in [6.45, 7) is 5.10. The van der Waals surface area contributed by atoms with Crippen molar-refractivity contribution in [3.63, 3.8) is 0 Å². The first-order valence-corrected chi connectivity index (χ1v) is 7.81. The van der Waals surface area contributed by atoms with Crippen LogP contribution in [0.5, 0.6) is 5.75 Å². The Kier molecular flexibility index (Phi) is 4.18. The second-order valence-electron chi connectivity index (χ2n) is 5.50. The third kappa shape index (κ3) is 2.92. The molecular formula is C18H20ClNO. The highest BCUT2D eigenvalue weighted by Gasteiger charge is 2.33. The maximum absolute atomic E-state index is 6.29. The fraction of sp³-hybridized carbons (Fsp3) is 0.333. The largest absolute Gasteiger partial charge is 0.488 e. The summed E-state index contributed by atoms with van der Waals surface area (Å²) in [7, 11) is 0. The minimum absolute atomic E-state index is 0.111. The van der Waals surface area contributed by atoms with Crippen LogP contribution in [0.15, 0.2) is 42.5 Å². The molecule has 1 N–H and O–H groups in total. The Morgan fingerprint density at radius 2 is 2.05 bits per heavy atom. The molecule has 3 heteroatoms. The van der Waals surface area contributed by atoms with Crippen LogP contribution >= 0.6 is 11.6 Å². The molecule has 2 aromatic rings. The van der Waals surface area contributed by atoms with Gasteiger partial charge in [0.15, 0.2) is 0 Å². The Hall–Kier alpha value is -1.51. The zero-order valence-electron chi connectivity index (χ0n) is 12.4.